The summed E-state index contributed by atoms with van der Waals surface area (Å²) >= 11 is 0. The van der Waals surface area contributed by atoms with Crippen LogP contribution in [0.3, 0.4) is 0 Å². The van der Waals surface area contributed by atoms with Crippen molar-refractivity contribution in [1.29, 1.82) is 0 Å². The van der Waals surface area contributed by atoms with Gasteiger partial charge in [-0.05, 0) is 0 Å². The zero-order valence-corrected chi connectivity index (χ0v) is 17.0. The third-order valence-corrected chi connectivity index (χ3v) is 0.236. The van der Waals surface area contributed by atoms with E-state index in [1.54, 1.807) is 6.08 Å². The smallest absolute Gasteiger partial charge is 0 e. The van der Waals surface area contributed by atoms with E-state index in [1.165, 1.54) is 0 Å². The molecule has 0 heterocycles. The van der Waals surface area contributed by atoms with Crippen molar-refractivity contribution in [3.05, 3.63) is 38.7 Å². The maximum atomic E-state index is 4.25. The number of allylic oxidation sites excluding steroid dienone is 1. The number of hydrogen-bond acceptors (Lipinski definition) is 0. The van der Waals surface area contributed by atoms with Crippen LogP contribution in [0.1, 0.15) is 28.2 Å². The topological polar surface area (TPSA) is 0 Å². The van der Waals surface area contributed by atoms with Crippen LogP contribution in [0, 0.1) is 19.4 Å². The molecule has 3 radical (unpaired) electrons. The fourth-order valence-corrected chi connectivity index (χ4v) is 0. The summed E-state index contributed by atoms with van der Waals surface area (Å²) < 4.78 is 0. The SMILES string of the molecule is C.C=C[CH-]C.C[CH-]C.[CH-]=C.[Y].[Y].[Y]. The predicted molar refractivity (Wildman–Crippen MR) is 52.5 cm³/mol. The van der Waals surface area contributed by atoms with E-state index >= 15 is 0 Å². The average molecular weight is 408 g/mol. The van der Waals surface area contributed by atoms with Gasteiger partial charge in [0, 0.05) is 98.1 Å². The molecule has 0 saturated carbocycles. The van der Waals surface area contributed by atoms with Gasteiger partial charge >= 0.3 is 0 Å². The summed E-state index contributed by atoms with van der Waals surface area (Å²) in [4.78, 5) is 0. The molecule has 0 atom stereocenters. The summed E-state index contributed by atoms with van der Waals surface area (Å²) in [5, 5.41) is 0. The van der Waals surface area contributed by atoms with Gasteiger partial charge in [0.2, 0.25) is 0 Å². The molecule has 0 N–H and O–H groups in total. The van der Waals surface area contributed by atoms with Crippen molar-refractivity contribution < 1.29 is 98.1 Å². The Balaban J connectivity index is -0.00000000749. The van der Waals surface area contributed by atoms with Gasteiger partial charge in [-0.1, -0.05) is 7.43 Å². The van der Waals surface area contributed by atoms with E-state index in [9.17, 15) is 0 Å². The predicted octanol–water partition coefficient (Wildman–Crippen LogP) is 3.86. The van der Waals surface area contributed by atoms with Crippen LogP contribution >= 0.6 is 0 Å². The second-order valence-corrected chi connectivity index (χ2v) is 1.15. The molecular formula is C10H21Y3-3. The first-order chi connectivity index (χ1) is 4.33. The molecule has 0 nitrogen and oxygen atoms in total. The molecule has 3 heteroatoms. The summed E-state index contributed by atoms with van der Waals surface area (Å²) in [6.07, 6.45) is 5.64. The Kier molecular flexibility index (Phi) is 295. The summed E-state index contributed by atoms with van der Waals surface area (Å²) in [7, 11) is 0. The van der Waals surface area contributed by atoms with Crippen LogP contribution in [0.5, 0.6) is 0 Å². The van der Waals surface area contributed by atoms with E-state index in [2.05, 4.69) is 19.7 Å². The van der Waals surface area contributed by atoms with Crippen LogP contribution in [0.25, 0.3) is 0 Å². The Bertz CT molecular complexity index is 39.2. The molecule has 0 aliphatic carbocycles. The normalized spacial score (nSPS) is 3.31. The molecule has 0 bridgehead atoms. The van der Waals surface area contributed by atoms with Gasteiger partial charge in [-0.3, -0.25) is 6.58 Å². The van der Waals surface area contributed by atoms with Gasteiger partial charge in [0.1, 0.15) is 0 Å². The van der Waals surface area contributed by atoms with Crippen LogP contribution in [0.4, 0.5) is 0 Å². The van der Waals surface area contributed by atoms with Gasteiger partial charge in [0.25, 0.3) is 0 Å². The molecule has 0 aromatic carbocycles. The van der Waals surface area contributed by atoms with Crippen LogP contribution < -0.4 is 0 Å². The third kappa shape index (κ3) is 175. The molecule has 0 rings (SSSR count). The summed E-state index contributed by atoms with van der Waals surface area (Å²) in [5.41, 5.74) is 0. The van der Waals surface area contributed by atoms with Gasteiger partial charge in [0.05, 0.1) is 0 Å². The Hall–Kier alpha value is 2.66. The summed E-state index contributed by atoms with van der Waals surface area (Å²) in [6, 6.07) is 0. The van der Waals surface area contributed by atoms with Crippen LogP contribution in [0.2, 0.25) is 0 Å². The fraction of sp³-hybridized carbons (Fsp3) is 0.400. The maximum Gasteiger partial charge on any atom is 0 e. The van der Waals surface area contributed by atoms with Crippen molar-refractivity contribution in [2.24, 2.45) is 0 Å². The monoisotopic (exact) mass is 408 g/mol. The largest absolute Gasteiger partial charge is 0.521 e. The van der Waals surface area contributed by atoms with Crippen molar-refractivity contribution in [3.8, 4) is 0 Å². The average Bonchev–Trinajstić information content (AvgIpc) is 1.94. The molecule has 0 aliphatic rings. The number of hydrogen-bond donors (Lipinski definition) is 0. The van der Waals surface area contributed by atoms with E-state index in [4.69, 9.17) is 0 Å². The molecular weight excluding hydrogens is 387 g/mol. The van der Waals surface area contributed by atoms with Gasteiger partial charge in [-0.25, -0.2) is 19.1 Å². The first-order valence-electron chi connectivity index (χ1n) is 2.88. The Labute approximate surface area is 162 Å². The molecule has 0 fully saturated rings. The van der Waals surface area contributed by atoms with Gasteiger partial charge in [-0.2, -0.15) is 13.8 Å². The molecule has 13 heavy (non-hydrogen) atoms. The van der Waals surface area contributed by atoms with Crippen molar-refractivity contribution in [2.45, 2.75) is 28.2 Å². The zero-order valence-electron chi connectivity index (χ0n) is 8.46. The minimum absolute atomic E-state index is 0. The number of rotatable bonds is 1. The summed E-state index contributed by atoms with van der Waals surface area (Å²) in [5.74, 6) is 0. The molecule has 0 aromatic rings. The second-order valence-electron chi connectivity index (χ2n) is 1.15. The Morgan fingerprint density at radius 3 is 1.08 bits per heavy atom. The van der Waals surface area contributed by atoms with Crippen molar-refractivity contribution >= 4 is 0 Å². The molecule has 0 aromatic heterocycles. The van der Waals surface area contributed by atoms with Crippen molar-refractivity contribution in [1.82, 2.24) is 0 Å². The van der Waals surface area contributed by atoms with Crippen molar-refractivity contribution in [3.63, 3.8) is 0 Å². The maximum absolute atomic E-state index is 4.25. The van der Waals surface area contributed by atoms with E-state index in [0.717, 1.165) is 0 Å². The van der Waals surface area contributed by atoms with Crippen LogP contribution in [-0.4, -0.2) is 0 Å². The van der Waals surface area contributed by atoms with E-state index in [1.807, 2.05) is 33.6 Å². The second kappa shape index (κ2) is 85.4. The molecule has 0 amide bonds. The van der Waals surface area contributed by atoms with Crippen molar-refractivity contribution in [2.75, 3.05) is 0 Å². The van der Waals surface area contributed by atoms with Gasteiger partial charge in [-0.15, -0.1) is 6.92 Å². The van der Waals surface area contributed by atoms with E-state index < -0.39 is 0 Å². The van der Waals surface area contributed by atoms with E-state index in [0.29, 0.717) is 0 Å². The Morgan fingerprint density at radius 2 is 1.08 bits per heavy atom. The van der Waals surface area contributed by atoms with Gasteiger partial charge < -0.3 is 13.0 Å². The van der Waals surface area contributed by atoms with E-state index in [-0.39, 0.29) is 106 Å². The zero-order chi connectivity index (χ0) is 8.12. The van der Waals surface area contributed by atoms with Gasteiger partial charge in [0.15, 0.2) is 0 Å². The minimum Gasteiger partial charge on any atom is -0.521 e. The molecule has 0 unspecified atom stereocenters. The molecule has 73 valence electrons. The van der Waals surface area contributed by atoms with Crippen LogP contribution in [-0.2, 0) is 98.1 Å². The third-order valence-electron chi connectivity index (χ3n) is 0.236. The molecule has 0 saturated heterocycles. The fourth-order valence-electron chi connectivity index (χ4n) is 0. The molecule has 0 spiro atoms. The standard InChI is InChI=1S/C4H7.C3H7.C2H3.CH4.3Y/c1-3-4-2;1-3-2;1-2;;;;/h3-4H,1H2,2H3;3H,1-2H3;1H,2H2;1H4;;;/q3*-1;;;;. The quantitative estimate of drug-likeness (QED) is 0.579. The first kappa shape index (κ1) is 44.9. The molecule has 0 aliphatic heterocycles. The van der Waals surface area contributed by atoms with Crippen LogP contribution in [0.15, 0.2) is 19.2 Å². The minimum atomic E-state index is 0. The Morgan fingerprint density at radius 1 is 1.00 bits per heavy atom. The first-order valence-corrected chi connectivity index (χ1v) is 2.88. The summed E-state index contributed by atoms with van der Waals surface area (Å²) in [6.45, 7) is 16.4.